The summed E-state index contributed by atoms with van der Waals surface area (Å²) in [6.45, 7) is 0.260. The molecule has 110 valence electrons. The summed E-state index contributed by atoms with van der Waals surface area (Å²) in [5.41, 5.74) is 1.68. The van der Waals surface area contributed by atoms with Crippen molar-refractivity contribution < 1.29 is 13.7 Å². The van der Waals surface area contributed by atoms with Crippen LogP contribution in [-0.2, 0) is 6.54 Å². The van der Waals surface area contributed by atoms with Crippen molar-refractivity contribution in [3.63, 3.8) is 0 Å². The Hall–Kier alpha value is -1.58. The Morgan fingerprint density at radius 2 is 1.71 bits per heavy atom. The molecule has 0 unspecified atom stereocenters. The number of methoxy groups -OCH3 is 1. The lowest BCUT2D eigenvalue weighted by atomic mass is 10.2. The number of alkyl halides is 3. The normalized spacial score (nSPS) is 12.3. The molecule has 0 aliphatic carbocycles. The van der Waals surface area contributed by atoms with Crippen LogP contribution in [-0.4, -0.2) is 22.6 Å². The molecular weight excluding hydrogens is 312 g/mol. The number of nitrogens with zero attached hydrogens (tertiary/aromatic N) is 1. The minimum Gasteiger partial charge on any atom is -0.497 e. The van der Waals surface area contributed by atoms with E-state index in [0.29, 0.717) is 0 Å². The monoisotopic (exact) mass is 326 g/mol. The molecule has 0 bridgehead atoms. The fourth-order valence-electron chi connectivity index (χ4n) is 1.86. The van der Waals surface area contributed by atoms with E-state index in [1.54, 1.807) is 37.6 Å². The molecule has 2 nitrogen and oxygen atoms in total. The first kappa shape index (κ1) is 15.8. The van der Waals surface area contributed by atoms with Crippen LogP contribution in [0.1, 0.15) is 11.1 Å². The highest BCUT2D eigenvalue weighted by Gasteiger charge is 2.36. The van der Waals surface area contributed by atoms with Crippen molar-refractivity contribution in [1.82, 2.24) is 0 Å². The molecule has 0 saturated carbocycles. The summed E-state index contributed by atoms with van der Waals surface area (Å²) in [5, 5.41) is 0. The SMILES string of the molecule is COc1ccc(/C=[N+](/Cc2ccccc2)C(F)(Cl)Cl)cc1. The maximum Gasteiger partial charge on any atom is 0.466 e. The summed E-state index contributed by atoms with van der Waals surface area (Å²) in [7, 11) is 1.59. The molecule has 0 spiro atoms. The zero-order valence-corrected chi connectivity index (χ0v) is 13.0. The quantitative estimate of drug-likeness (QED) is 0.343. The van der Waals surface area contributed by atoms with Gasteiger partial charge >= 0.3 is 4.71 Å². The van der Waals surface area contributed by atoms with Gasteiger partial charge in [-0.3, -0.25) is 0 Å². The largest absolute Gasteiger partial charge is 0.497 e. The second-order valence-electron chi connectivity index (χ2n) is 4.48. The summed E-state index contributed by atoms with van der Waals surface area (Å²) < 4.78 is 17.8. The number of halogens is 3. The standard InChI is InChI=1S/C16H15Cl2FNO/c1-21-15-9-7-14(8-10-15)12-20(16(17,18)19)11-13-5-3-2-4-6-13/h2-10,12H,11H2,1H3/q+1/b20-12-. The van der Waals surface area contributed by atoms with Crippen molar-refractivity contribution in [2.24, 2.45) is 0 Å². The van der Waals surface area contributed by atoms with Gasteiger partial charge in [-0.15, -0.1) is 4.39 Å². The molecule has 2 aromatic rings. The van der Waals surface area contributed by atoms with Crippen LogP contribution >= 0.6 is 23.2 Å². The Morgan fingerprint density at radius 1 is 1.10 bits per heavy atom. The fourth-order valence-corrected chi connectivity index (χ4v) is 2.08. The van der Waals surface area contributed by atoms with Gasteiger partial charge < -0.3 is 4.74 Å². The number of hydrogen-bond acceptors (Lipinski definition) is 1. The topological polar surface area (TPSA) is 12.2 Å². The first-order valence-corrected chi connectivity index (χ1v) is 7.11. The van der Waals surface area contributed by atoms with Gasteiger partial charge in [-0.05, 0) is 24.3 Å². The second-order valence-corrected chi connectivity index (χ2v) is 5.68. The van der Waals surface area contributed by atoms with Crippen LogP contribution in [0.15, 0.2) is 54.6 Å². The number of hydrogen-bond donors (Lipinski definition) is 0. The molecule has 0 aromatic heterocycles. The van der Waals surface area contributed by atoms with Gasteiger partial charge in [-0.1, -0.05) is 30.3 Å². The lowest BCUT2D eigenvalue weighted by molar-refractivity contribution is -0.598. The molecule has 0 atom stereocenters. The van der Waals surface area contributed by atoms with E-state index < -0.39 is 4.71 Å². The van der Waals surface area contributed by atoms with E-state index in [-0.39, 0.29) is 6.54 Å². The molecule has 0 N–H and O–H groups in total. The van der Waals surface area contributed by atoms with E-state index in [1.165, 1.54) is 4.58 Å². The molecule has 0 saturated heterocycles. The molecule has 0 aliphatic rings. The van der Waals surface area contributed by atoms with Gasteiger partial charge in [0.1, 0.15) is 5.75 Å². The molecule has 0 amide bonds. The van der Waals surface area contributed by atoms with Gasteiger partial charge in [0.2, 0.25) is 0 Å². The summed E-state index contributed by atoms with van der Waals surface area (Å²) in [6.07, 6.45) is 1.58. The highest BCUT2D eigenvalue weighted by Crippen LogP contribution is 2.25. The second kappa shape index (κ2) is 6.92. The third-order valence-corrected chi connectivity index (χ3v) is 3.38. The van der Waals surface area contributed by atoms with Crippen molar-refractivity contribution in [3.05, 3.63) is 65.7 Å². The van der Waals surface area contributed by atoms with E-state index in [0.717, 1.165) is 16.9 Å². The van der Waals surface area contributed by atoms with E-state index in [1.807, 2.05) is 30.3 Å². The van der Waals surface area contributed by atoms with Gasteiger partial charge in [0.15, 0.2) is 12.8 Å². The van der Waals surface area contributed by atoms with Crippen LogP contribution in [0.2, 0.25) is 0 Å². The van der Waals surface area contributed by atoms with Gasteiger partial charge in [-0.2, -0.15) is 4.58 Å². The lowest BCUT2D eigenvalue weighted by Crippen LogP contribution is -2.27. The Kier molecular flexibility index (Phi) is 5.21. The highest BCUT2D eigenvalue weighted by atomic mass is 35.5. The number of rotatable bonds is 5. The van der Waals surface area contributed by atoms with Crippen molar-refractivity contribution >= 4 is 29.4 Å². The van der Waals surface area contributed by atoms with Crippen LogP contribution < -0.4 is 4.74 Å². The molecule has 5 heteroatoms. The van der Waals surface area contributed by atoms with Crippen LogP contribution in [0.4, 0.5) is 4.39 Å². The van der Waals surface area contributed by atoms with Crippen LogP contribution in [0, 0.1) is 0 Å². The van der Waals surface area contributed by atoms with Crippen LogP contribution in [0.3, 0.4) is 0 Å². The number of ether oxygens (including phenoxy) is 1. The Balaban J connectivity index is 2.29. The minimum absolute atomic E-state index is 0.260. The van der Waals surface area contributed by atoms with E-state index in [4.69, 9.17) is 27.9 Å². The minimum atomic E-state index is -2.49. The van der Waals surface area contributed by atoms with Crippen LogP contribution in [0.25, 0.3) is 0 Å². The smallest absolute Gasteiger partial charge is 0.466 e. The third kappa shape index (κ3) is 4.73. The predicted octanol–water partition coefficient (Wildman–Crippen LogP) is 4.39. The van der Waals surface area contributed by atoms with E-state index in [2.05, 4.69) is 0 Å². The average Bonchev–Trinajstić information content (AvgIpc) is 2.47. The molecule has 0 aliphatic heterocycles. The molecule has 0 heterocycles. The van der Waals surface area contributed by atoms with Crippen molar-refractivity contribution in [3.8, 4) is 5.75 Å². The molecule has 21 heavy (non-hydrogen) atoms. The average molecular weight is 327 g/mol. The van der Waals surface area contributed by atoms with E-state index >= 15 is 0 Å². The molecule has 0 radical (unpaired) electrons. The first-order chi connectivity index (χ1) is 9.99. The fraction of sp³-hybridized carbons (Fsp3) is 0.188. The Morgan fingerprint density at radius 3 is 2.24 bits per heavy atom. The number of benzene rings is 2. The van der Waals surface area contributed by atoms with Crippen molar-refractivity contribution in [2.75, 3.05) is 7.11 Å². The Labute approximate surface area is 133 Å². The van der Waals surface area contributed by atoms with Crippen LogP contribution in [0.5, 0.6) is 5.75 Å². The molecular formula is C16H15Cl2FNO+. The lowest BCUT2D eigenvalue weighted by Gasteiger charge is -2.10. The summed E-state index contributed by atoms with van der Waals surface area (Å²) >= 11 is 11.3. The van der Waals surface area contributed by atoms with Gasteiger partial charge in [0, 0.05) is 34.3 Å². The summed E-state index contributed by atoms with van der Waals surface area (Å²) in [6, 6.07) is 16.6. The van der Waals surface area contributed by atoms with E-state index in [9.17, 15) is 4.39 Å². The zero-order valence-electron chi connectivity index (χ0n) is 11.5. The maximum absolute atomic E-state index is 14.0. The van der Waals surface area contributed by atoms with Crippen molar-refractivity contribution in [1.29, 1.82) is 0 Å². The molecule has 2 aromatic carbocycles. The first-order valence-electron chi connectivity index (χ1n) is 6.35. The summed E-state index contributed by atoms with van der Waals surface area (Å²) in [4.78, 5) is 0. The van der Waals surface area contributed by atoms with Gasteiger partial charge in [0.05, 0.1) is 7.11 Å². The zero-order chi connectivity index (χ0) is 15.3. The van der Waals surface area contributed by atoms with Gasteiger partial charge in [0.25, 0.3) is 0 Å². The Bertz CT molecular complexity index is 606. The molecule has 2 rings (SSSR count). The summed E-state index contributed by atoms with van der Waals surface area (Å²) in [5.74, 6) is 0.727. The van der Waals surface area contributed by atoms with Gasteiger partial charge in [-0.25, -0.2) is 0 Å². The third-order valence-electron chi connectivity index (χ3n) is 2.94. The highest BCUT2D eigenvalue weighted by molar-refractivity contribution is 6.45. The molecule has 0 fully saturated rings. The maximum atomic E-state index is 14.0. The van der Waals surface area contributed by atoms with Crippen molar-refractivity contribution in [2.45, 2.75) is 11.3 Å². The predicted molar refractivity (Wildman–Crippen MR) is 84.1 cm³/mol.